The summed E-state index contributed by atoms with van der Waals surface area (Å²) in [5.41, 5.74) is 8.67. The van der Waals surface area contributed by atoms with Gasteiger partial charge in [0.25, 0.3) is 0 Å². The van der Waals surface area contributed by atoms with Crippen LogP contribution in [0, 0.1) is 0 Å². The van der Waals surface area contributed by atoms with Crippen molar-refractivity contribution in [3.63, 3.8) is 0 Å². The number of amides is 3. The lowest BCUT2D eigenvalue weighted by Crippen LogP contribution is -2.32. The molecule has 124 valence electrons. The summed E-state index contributed by atoms with van der Waals surface area (Å²) in [6.07, 6.45) is 1.74. The molecule has 0 bridgehead atoms. The van der Waals surface area contributed by atoms with Gasteiger partial charge in [0.15, 0.2) is 0 Å². The maximum atomic E-state index is 12.3. The number of para-hydroxylation sites is 1. The van der Waals surface area contributed by atoms with E-state index in [0.29, 0.717) is 11.3 Å². The van der Waals surface area contributed by atoms with Gasteiger partial charge in [0, 0.05) is 10.7 Å². The molecule has 0 heterocycles. The van der Waals surface area contributed by atoms with Crippen LogP contribution >= 0.6 is 11.6 Å². The molecule has 0 spiro atoms. The number of anilines is 1. The summed E-state index contributed by atoms with van der Waals surface area (Å²) in [4.78, 5) is 23.5. The summed E-state index contributed by atoms with van der Waals surface area (Å²) in [5, 5.41) is 6.50. The summed E-state index contributed by atoms with van der Waals surface area (Å²) in [7, 11) is 0. The maximum Gasteiger partial charge on any atom is 0.319 e. The number of hydrogen-bond acceptors (Lipinski definition) is 2. The van der Waals surface area contributed by atoms with Crippen LogP contribution < -0.4 is 16.4 Å². The number of primary amides is 1. The predicted molar refractivity (Wildman–Crippen MR) is 94.0 cm³/mol. The Hall–Kier alpha value is -2.53. The number of benzene rings is 2. The van der Waals surface area contributed by atoms with Crippen molar-refractivity contribution in [1.29, 1.82) is 0 Å². The fourth-order valence-corrected chi connectivity index (χ4v) is 3.34. The molecule has 3 amide bonds. The highest BCUT2D eigenvalue weighted by molar-refractivity contribution is 6.31. The van der Waals surface area contributed by atoms with Gasteiger partial charge in [0.1, 0.15) is 0 Å². The van der Waals surface area contributed by atoms with Gasteiger partial charge in [-0.2, -0.15) is 0 Å². The van der Waals surface area contributed by atoms with E-state index in [9.17, 15) is 9.59 Å². The number of carbonyl (C=O) groups excluding carboxylic acids is 2. The lowest BCUT2D eigenvalue weighted by molar-refractivity contribution is -0.117. The van der Waals surface area contributed by atoms with Crippen LogP contribution in [0.1, 0.15) is 29.2 Å². The van der Waals surface area contributed by atoms with Crippen LogP contribution in [0.25, 0.3) is 0 Å². The van der Waals surface area contributed by atoms with Crippen LogP contribution in [0.4, 0.5) is 10.5 Å². The topological polar surface area (TPSA) is 84.2 Å². The molecule has 0 radical (unpaired) electrons. The fraction of sp³-hybridized carbons (Fsp3) is 0.222. The third-order valence-corrected chi connectivity index (χ3v) is 4.50. The Balaban J connectivity index is 1.70. The second-order valence-electron chi connectivity index (χ2n) is 5.80. The summed E-state index contributed by atoms with van der Waals surface area (Å²) >= 11 is 6.20. The first kappa shape index (κ1) is 16.3. The highest BCUT2D eigenvalue weighted by atomic mass is 35.5. The van der Waals surface area contributed by atoms with E-state index >= 15 is 0 Å². The summed E-state index contributed by atoms with van der Waals surface area (Å²) in [5.74, 6) is -0.441. The summed E-state index contributed by atoms with van der Waals surface area (Å²) in [6.45, 7) is 0. The number of rotatable bonds is 4. The minimum atomic E-state index is -0.441. The molecular formula is C18H18ClN3O2. The van der Waals surface area contributed by atoms with Crippen molar-refractivity contribution in [1.82, 2.24) is 5.32 Å². The first-order chi connectivity index (χ1) is 11.5. The molecule has 5 nitrogen and oxygen atoms in total. The molecule has 1 atom stereocenters. The van der Waals surface area contributed by atoms with Crippen molar-refractivity contribution >= 4 is 29.2 Å². The first-order valence-corrected chi connectivity index (χ1v) is 8.13. The van der Waals surface area contributed by atoms with Crippen LogP contribution in [0.3, 0.4) is 0 Å². The van der Waals surface area contributed by atoms with Gasteiger partial charge in [-0.15, -0.1) is 0 Å². The van der Waals surface area contributed by atoms with Crippen molar-refractivity contribution in [3.05, 3.63) is 64.2 Å². The third-order valence-electron chi connectivity index (χ3n) is 4.15. The maximum absolute atomic E-state index is 12.3. The van der Waals surface area contributed by atoms with E-state index in [4.69, 9.17) is 17.3 Å². The Labute approximate surface area is 145 Å². The van der Waals surface area contributed by atoms with Crippen LogP contribution in [0.5, 0.6) is 0 Å². The van der Waals surface area contributed by atoms with Gasteiger partial charge in [-0.25, -0.2) is 4.79 Å². The molecule has 0 aromatic heterocycles. The SMILES string of the molecule is NC(=O)Cc1ccccc1NC(=O)NC1CCc2c(Cl)cccc21. The second kappa shape index (κ2) is 6.93. The lowest BCUT2D eigenvalue weighted by atomic mass is 10.1. The van der Waals surface area contributed by atoms with Gasteiger partial charge in [-0.05, 0) is 41.7 Å². The van der Waals surface area contributed by atoms with Gasteiger partial charge in [0.05, 0.1) is 12.5 Å². The van der Waals surface area contributed by atoms with Crippen molar-refractivity contribution < 1.29 is 9.59 Å². The van der Waals surface area contributed by atoms with Gasteiger partial charge in [-0.1, -0.05) is 41.9 Å². The zero-order valence-corrected chi connectivity index (χ0v) is 13.8. The summed E-state index contributed by atoms with van der Waals surface area (Å²) < 4.78 is 0. The highest BCUT2D eigenvalue weighted by Gasteiger charge is 2.25. The van der Waals surface area contributed by atoms with Crippen molar-refractivity contribution in [2.75, 3.05) is 5.32 Å². The Morgan fingerprint density at radius 3 is 2.75 bits per heavy atom. The molecule has 0 saturated heterocycles. The monoisotopic (exact) mass is 343 g/mol. The molecule has 3 rings (SSSR count). The third kappa shape index (κ3) is 3.51. The van der Waals surface area contributed by atoms with Crippen molar-refractivity contribution in [2.45, 2.75) is 25.3 Å². The first-order valence-electron chi connectivity index (χ1n) is 7.75. The van der Waals surface area contributed by atoms with Gasteiger partial charge < -0.3 is 16.4 Å². The highest BCUT2D eigenvalue weighted by Crippen LogP contribution is 2.35. The molecule has 1 aliphatic carbocycles. The van der Waals surface area contributed by atoms with E-state index in [1.165, 1.54) is 0 Å². The Morgan fingerprint density at radius 2 is 1.96 bits per heavy atom. The molecule has 2 aromatic rings. The Bertz CT molecular complexity index is 792. The second-order valence-corrected chi connectivity index (χ2v) is 6.20. The van der Waals surface area contributed by atoms with Gasteiger partial charge in [0.2, 0.25) is 5.91 Å². The molecule has 4 N–H and O–H groups in total. The standard InChI is InChI=1S/C18H18ClN3O2/c19-14-6-3-5-13-12(14)8-9-16(13)22-18(24)21-15-7-2-1-4-11(15)10-17(20)23/h1-7,16H,8-10H2,(H2,20,23)(H2,21,22,24). The van der Waals surface area contributed by atoms with E-state index in [-0.39, 0.29) is 18.5 Å². The molecule has 24 heavy (non-hydrogen) atoms. The molecule has 1 unspecified atom stereocenters. The molecule has 0 saturated carbocycles. The van der Waals surface area contributed by atoms with Crippen molar-refractivity contribution in [3.8, 4) is 0 Å². The molecule has 2 aromatic carbocycles. The zero-order valence-electron chi connectivity index (χ0n) is 13.0. The van der Waals surface area contributed by atoms with Gasteiger partial charge in [-0.3, -0.25) is 4.79 Å². The Kier molecular flexibility index (Phi) is 4.71. The normalized spacial score (nSPS) is 15.6. The van der Waals surface area contributed by atoms with E-state index in [1.54, 1.807) is 24.3 Å². The van der Waals surface area contributed by atoms with Gasteiger partial charge >= 0.3 is 6.03 Å². The number of nitrogens with two attached hydrogens (primary N) is 1. The smallest absolute Gasteiger partial charge is 0.319 e. The minimum Gasteiger partial charge on any atom is -0.369 e. The molecule has 0 aliphatic heterocycles. The molecular weight excluding hydrogens is 326 g/mol. The zero-order chi connectivity index (χ0) is 17.1. The molecule has 0 fully saturated rings. The molecule has 6 heteroatoms. The van der Waals surface area contributed by atoms with E-state index in [2.05, 4.69) is 10.6 Å². The number of urea groups is 1. The largest absolute Gasteiger partial charge is 0.369 e. The van der Waals surface area contributed by atoms with Crippen LogP contribution in [-0.4, -0.2) is 11.9 Å². The van der Waals surface area contributed by atoms with E-state index in [1.807, 2.05) is 18.2 Å². The van der Waals surface area contributed by atoms with Crippen molar-refractivity contribution in [2.24, 2.45) is 5.73 Å². The van der Waals surface area contributed by atoms with Crippen LogP contribution in [-0.2, 0) is 17.6 Å². The minimum absolute atomic E-state index is 0.0676. The number of fused-ring (bicyclic) bond motifs is 1. The van der Waals surface area contributed by atoms with Crippen LogP contribution in [0.2, 0.25) is 5.02 Å². The fourth-order valence-electron chi connectivity index (χ4n) is 3.06. The number of carbonyl (C=O) groups is 2. The predicted octanol–water partition coefficient (Wildman–Crippen LogP) is 3.18. The lowest BCUT2D eigenvalue weighted by Gasteiger charge is -2.16. The number of halogens is 1. The Morgan fingerprint density at radius 1 is 1.17 bits per heavy atom. The number of nitrogens with one attached hydrogen (secondary N) is 2. The average molecular weight is 344 g/mol. The average Bonchev–Trinajstić information content (AvgIpc) is 2.93. The van der Waals surface area contributed by atoms with E-state index in [0.717, 1.165) is 29.0 Å². The molecule has 1 aliphatic rings. The van der Waals surface area contributed by atoms with E-state index < -0.39 is 5.91 Å². The summed E-state index contributed by atoms with van der Waals surface area (Å²) in [6, 6.07) is 12.5. The van der Waals surface area contributed by atoms with Crippen LogP contribution in [0.15, 0.2) is 42.5 Å². The quantitative estimate of drug-likeness (QED) is 0.796. The number of hydrogen-bond donors (Lipinski definition) is 3.